The average Bonchev–Trinajstić information content (AvgIpc) is 2.45. The lowest BCUT2D eigenvalue weighted by Crippen LogP contribution is -2.46. The third-order valence-corrected chi connectivity index (χ3v) is 3.92. The van der Waals surface area contributed by atoms with Gasteiger partial charge in [-0.15, -0.1) is 0 Å². The molecule has 1 heterocycles. The molecule has 0 spiro atoms. The molecule has 5 nitrogen and oxygen atoms in total. The van der Waals surface area contributed by atoms with Gasteiger partial charge in [-0.3, -0.25) is 14.9 Å². The molecule has 1 saturated heterocycles. The minimum Gasteiger partial charge on any atom is -0.497 e. The number of imide groups is 1. The molecule has 5 heteroatoms. The summed E-state index contributed by atoms with van der Waals surface area (Å²) >= 11 is 0. The van der Waals surface area contributed by atoms with Gasteiger partial charge in [-0.25, -0.2) is 0 Å². The van der Waals surface area contributed by atoms with E-state index in [4.69, 9.17) is 9.47 Å². The van der Waals surface area contributed by atoms with E-state index >= 15 is 0 Å². The Hall–Kier alpha value is -2.04. The molecule has 0 aromatic heterocycles. The Kier molecular flexibility index (Phi) is 4.50. The predicted molar refractivity (Wildman–Crippen MR) is 78.4 cm³/mol. The number of amides is 2. The zero-order chi connectivity index (χ0) is 15.6. The monoisotopic (exact) mass is 291 g/mol. The summed E-state index contributed by atoms with van der Waals surface area (Å²) in [6, 6.07) is 5.52. The molecule has 2 unspecified atom stereocenters. The van der Waals surface area contributed by atoms with Crippen LogP contribution in [0.25, 0.3) is 0 Å². The largest absolute Gasteiger partial charge is 0.497 e. The molecule has 2 atom stereocenters. The van der Waals surface area contributed by atoms with E-state index in [1.54, 1.807) is 20.3 Å². The van der Waals surface area contributed by atoms with E-state index < -0.39 is 0 Å². The van der Waals surface area contributed by atoms with Crippen molar-refractivity contribution in [3.63, 3.8) is 0 Å². The smallest absolute Gasteiger partial charge is 0.230 e. The Labute approximate surface area is 124 Å². The maximum absolute atomic E-state index is 12.1. The second kappa shape index (κ2) is 6.16. The van der Waals surface area contributed by atoms with Crippen LogP contribution in [0.4, 0.5) is 0 Å². The standard InChI is InChI=1S/C16H21NO4/c1-9(2)15-13(8-14(18)17-16(15)19)10-5-11(20-3)7-12(6-10)21-4/h5-7,9,13,15H,8H2,1-4H3,(H,17,18,19). The van der Waals surface area contributed by atoms with Gasteiger partial charge in [0.05, 0.1) is 14.2 Å². The highest BCUT2D eigenvalue weighted by atomic mass is 16.5. The Bertz CT molecular complexity index is 531. The number of carbonyl (C=O) groups excluding carboxylic acids is 2. The fourth-order valence-electron chi connectivity index (χ4n) is 2.92. The molecule has 1 fully saturated rings. The number of benzene rings is 1. The molecule has 114 valence electrons. The molecule has 2 amide bonds. The Morgan fingerprint density at radius 3 is 2.14 bits per heavy atom. The summed E-state index contributed by atoms with van der Waals surface area (Å²) in [6.45, 7) is 3.98. The van der Waals surface area contributed by atoms with Gasteiger partial charge >= 0.3 is 0 Å². The third kappa shape index (κ3) is 3.17. The lowest BCUT2D eigenvalue weighted by atomic mass is 9.74. The van der Waals surface area contributed by atoms with Crippen LogP contribution in [-0.2, 0) is 9.59 Å². The Balaban J connectivity index is 2.45. The number of rotatable bonds is 4. The molecule has 2 rings (SSSR count). The number of ether oxygens (including phenoxy) is 2. The quantitative estimate of drug-likeness (QED) is 0.863. The SMILES string of the molecule is COc1cc(OC)cc(C2CC(=O)NC(=O)C2C(C)C)c1. The van der Waals surface area contributed by atoms with Crippen molar-refractivity contribution in [2.75, 3.05) is 14.2 Å². The van der Waals surface area contributed by atoms with Crippen LogP contribution in [-0.4, -0.2) is 26.0 Å². The molecule has 1 aromatic rings. The Morgan fingerprint density at radius 1 is 1.10 bits per heavy atom. The summed E-state index contributed by atoms with van der Waals surface area (Å²) in [5.74, 6) is 0.627. The van der Waals surface area contributed by atoms with Gasteiger partial charge in [-0.05, 0) is 23.6 Å². The maximum atomic E-state index is 12.1. The minimum atomic E-state index is -0.237. The topological polar surface area (TPSA) is 64.6 Å². The van der Waals surface area contributed by atoms with Gasteiger partial charge in [0.25, 0.3) is 0 Å². The normalized spacial score (nSPS) is 22.1. The predicted octanol–water partition coefficient (Wildman–Crippen LogP) is 2.11. The van der Waals surface area contributed by atoms with Crippen LogP contribution in [0.1, 0.15) is 31.7 Å². The highest BCUT2D eigenvalue weighted by molar-refractivity contribution is 6.00. The van der Waals surface area contributed by atoms with E-state index in [1.165, 1.54) is 0 Å². The van der Waals surface area contributed by atoms with Gasteiger partial charge in [0.1, 0.15) is 11.5 Å². The summed E-state index contributed by atoms with van der Waals surface area (Å²) in [5.41, 5.74) is 0.896. The fourth-order valence-corrected chi connectivity index (χ4v) is 2.92. The molecule has 0 saturated carbocycles. The van der Waals surface area contributed by atoms with Gasteiger partial charge in [-0.2, -0.15) is 0 Å². The zero-order valence-corrected chi connectivity index (χ0v) is 12.8. The van der Waals surface area contributed by atoms with Crippen molar-refractivity contribution < 1.29 is 19.1 Å². The molecule has 0 aliphatic carbocycles. The highest BCUT2D eigenvalue weighted by Crippen LogP contribution is 2.38. The summed E-state index contributed by atoms with van der Waals surface area (Å²) in [6.07, 6.45) is 0.297. The number of hydrogen-bond donors (Lipinski definition) is 1. The number of methoxy groups -OCH3 is 2. The van der Waals surface area contributed by atoms with Crippen LogP contribution in [0.3, 0.4) is 0 Å². The average molecular weight is 291 g/mol. The van der Waals surface area contributed by atoms with E-state index in [-0.39, 0.29) is 29.6 Å². The Morgan fingerprint density at radius 2 is 1.67 bits per heavy atom. The lowest BCUT2D eigenvalue weighted by Gasteiger charge is -2.33. The van der Waals surface area contributed by atoms with Crippen molar-refractivity contribution in [2.24, 2.45) is 11.8 Å². The van der Waals surface area contributed by atoms with Crippen LogP contribution >= 0.6 is 0 Å². The molecule has 1 aliphatic heterocycles. The summed E-state index contributed by atoms with van der Waals surface area (Å²) in [4.78, 5) is 23.9. The van der Waals surface area contributed by atoms with Crippen molar-refractivity contribution in [1.29, 1.82) is 0 Å². The molecule has 1 aromatic carbocycles. The first-order chi connectivity index (χ1) is 9.96. The first-order valence-electron chi connectivity index (χ1n) is 7.03. The summed E-state index contributed by atoms with van der Waals surface area (Å²) in [7, 11) is 3.16. The summed E-state index contributed by atoms with van der Waals surface area (Å²) in [5, 5.41) is 2.43. The molecule has 21 heavy (non-hydrogen) atoms. The van der Waals surface area contributed by atoms with Crippen LogP contribution in [0.15, 0.2) is 18.2 Å². The van der Waals surface area contributed by atoms with Crippen LogP contribution in [0.2, 0.25) is 0 Å². The second-order valence-corrected chi connectivity index (χ2v) is 5.64. The van der Waals surface area contributed by atoms with Crippen LogP contribution in [0.5, 0.6) is 11.5 Å². The molecular weight excluding hydrogens is 270 g/mol. The van der Waals surface area contributed by atoms with Gasteiger partial charge < -0.3 is 9.47 Å². The molecule has 1 aliphatic rings. The summed E-state index contributed by atoms with van der Waals surface area (Å²) < 4.78 is 10.5. The van der Waals surface area contributed by atoms with Crippen molar-refractivity contribution in [3.8, 4) is 11.5 Å². The minimum absolute atomic E-state index is 0.139. The van der Waals surface area contributed by atoms with Gasteiger partial charge in [0, 0.05) is 24.3 Å². The van der Waals surface area contributed by atoms with E-state index in [1.807, 2.05) is 26.0 Å². The van der Waals surface area contributed by atoms with Crippen LogP contribution in [0, 0.1) is 11.8 Å². The molecular formula is C16H21NO4. The van der Waals surface area contributed by atoms with E-state index in [2.05, 4.69) is 5.32 Å². The van der Waals surface area contributed by atoms with Crippen molar-refractivity contribution in [2.45, 2.75) is 26.2 Å². The first-order valence-corrected chi connectivity index (χ1v) is 7.03. The van der Waals surface area contributed by atoms with E-state index in [9.17, 15) is 9.59 Å². The van der Waals surface area contributed by atoms with Crippen molar-refractivity contribution in [1.82, 2.24) is 5.32 Å². The second-order valence-electron chi connectivity index (χ2n) is 5.64. The van der Waals surface area contributed by atoms with Gasteiger partial charge in [0.15, 0.2) is 0 Å². The van der Waals surface area contributed by atoms with Crippen molar-refractivity contribution in [3.05, 3.63) is 23.8 Å². The molecule has 1 N–H and O–H groups in total. The first kappa shape index (κ1) is 15.4. The van der Waals surface area contributed by atoms with Gasteiger partial charge in [0.2, 0.25) is 11.8 Å². The van der Waals surface area contributed by atoms with E-state index in [0.717, 1.165) is 5.56 Å². The highest BCUT2D eigenvalue weighted by Gasteiger charge is 2.38. The number of nitrogens with one attached hydrogen (secondary N) is 1. The number of carbonyl (C=O) groups is 2. The third-order valence-electron chi connectivity index (χ3n) is 3.92. The van der Waals surface area contributed by atoms with Crippen LogP contribution < -0.4 is 14.8 Å². The number of hydrogen-bond acceptors (Lipinski definition) is 4. The van der Waals surface area contributed by atoms with E-state index in [0.29, 0.717) is 17.9 Å². The fraction of sp³-hybridized carbons (Fsp3) is 0.500. The molecule has 0 bridgehead atoms. The molecule has 0 radical (unpaired) electrons. The maximum Gasteiger partial charge on any atom is 0.230 e. The lowest BCUT2D eigenvalue weighted by molar-refractivity contribution is -0.138. The van der Waals surface area contributed by atoms with Gasteiger partial charge in [-0.1, -0.05) is 13.8 Å². The van der Waals surface area contributed by atoms with Crippen molar-refractivity contribution >= 4 is 11.8 Å². The number of piperidine rings is 1. The zero-order valence-electron chi connectivity index (χ0n) is 12.8.